The molecule has 164 valence electrons. The number of aryl methyl sites for hydroxylation is 1. The van der Waals surface area contributed by atoms with Gasteiger partial charge in [-0.2, -0.15) is 13.2 Å². The van der Waals surface area contributed by atoms with Gasteiger partial charge in [-0.05, 0) is 24.6 Å². The lowest BCUT2D eigenvalue weighted by molar-refractivity contribution is -0.137. The van der Waals surface area contributed by atoms with Crippen LogP contribution in [0.2, 0.25) is 5.02 Å². The molecule has 0 saturated carbocycles. The van der Waals surface area contributed by atoms with Crippen molar-refractivity contribution in [1.82, 2.24) is 9.88 Å². The summed E-state index contributed by atoms with van der Waals surface area (Å²) in [7, 11) is 0. The van der Waals surface area contributed by atoms with Crippen LogP contribution in [0.5, 0.6) is 0 Å². The van der Waals surface area contributed by atoms with Gasteiger partial charge in [-0.25, -0.2) is 9.88 Å². The highest BCUT2D eigenvalue weighted by Crippen LogP contribution is 2.34. The van der Waals surface area contributed by atoms with Crippen LogP contribution in [0, 0.1) is 6.92 Å². The van der Waals surface area contributed by atoms with Crippen LogP contribution in [0.25, 0.3) is 0 Å². The summed E-state index contributed by atoms with van der Waals surface area (Å²) in [5.74, 6) is -0.206. The number of benzene rings is 1. The van der Waals surface area contributed by atoms with Gasteiger partial charge in [-0.1, -0.05) is 29.8 Å². The Morgan fingerprint density at radius 2 is 1.77 bits per heavy atom. The number of nitrogens with zero attached hydrogens (tertiary/aromatic N) is 4. The fourth-order valence-corrected chi connectivity index (χ4v) is 4.32. The topological polar surface area (TPSA) is 56.8 Å². The van der Waals surface area contributed by atoms with E-state index in [2.05, 4.69) is 4.98 Å². The summed E-state index contributed by atoms with van der Waals surface area (Å²) in [4.78, 5) is 34.5. The average Bonchev–Trinajstić information content (AvgIpc) is 3.02. The van der Waals surface area contributed by atoms with E-state index < -0.39 is 17.8 Å². The van der Waals surface area contributed by atoms with Crippen LogP contribution in [0.15, 0.2) is 36.5 Å². The van der Waals surface area contributed by atoms with E-state index in [0.29, 0.717) is 31.9 Å². The third-order valence-corrected chi connectivity index (χ3v) is 5.96. The summed E-state index contributed by atoms with van der Waals surface area (Å²) in [5.41, 5.74) is 0.545. The summed E-state index contributed by atoms with van der Waals surface area (Å²) in [6.07, 6.45) is -3.63. The molecule has 10 heteroatoms. The van der Waals surface area contributed by atoms with E-state index in [1.165, 1.54) is 4.90 Å². The molecule has 0 spiro atoms. The number of carbonyl (C=O) groups is 2. The SMILES string of the molecule is Cc1ccccc1N1C(=O)C[C@H](N2CCN(c3ncc(C(F)(F)F)cc3Cl)CC2)C1=O. The van der Waals surface area contributed by atoms with Crippen molar-refractivity contribution in [2.24, 2.45) is 0 Å². The summed E-state index contributed by atoms with van der Waals surface area (Å²) in [5, 5.41) is -0.0684. The molecule has 2 fully saturated rings. The van der Waals surface area contributed by atoms with Crippen molar-refractivity contribution >= 4 is 34.9 Å². The second-order valence-corrected chi connectivity index (χ2v) is 8.03. The zero-order valence-electron chi connectivity index (χ0n) is 16.7. The number of alkyl halides is 3. The van der Waals surface area contributed by atoms with Crippen molar-refractivity contribution in [3.63, 3.8) is 0 Å². The van der Waals surface area contributed by atoms with Gasteiger partial charge in [0.2, 0.25) is 5.91 Å². The maximum absolute atomic E-state index is 13.0. The van der Waals surface area contributed by atoms with Crippen LogP contribution in [0.4, 0.5) is 24.7 Å². The first kappa shape index (κ1) is 21.6. The number of piperazine rings is 1. The highest BCUT2D eigenvalue weighted by Gasteiger charge is 2.44. The molecule has 6 nitrogen and oxygen atoms in total. The molecule has 1 aromatic carbocycles. The van der Waals surface area contributed by atoms with Gasteiger partial charge in [0.05, 0.1) is 28.7 Å². The molecular formula is C21H20ClF3N4O2. The molecule has 0 aliphatic carbocycles. The molecule has 4 rings (SSSR count). The van der Waals surface area contributed by atoms with Gasteiger partial charge < -0.3 is 4.90 Å². The van der Waals surface area contributed by atoms with Crippen molar-refractivity contribution in [2.45, 2.75) is 25.6 Å². The second-order valence-electron chi connectivity index (χ2n) is 7.62. The first-order chi connectivity index (χ1) is 14.7. The quantitative estimate of drug-likeness (QED) is 0.667. The summed E-state index contributed by atoms with van der Waals surface area (Å²) >= 11 is 6.05. The largest absolute Gasteiger partial charge is 0.417 e. The van der Waals surface area contributed by atoms with E-state index in [1.54, 1.807) is 17.0 Å². The third-order valence-electron chi connectivity index (χ3n) is 5.68. The zero-order chi connectivity index (χ0) is 22.3. The van der Waals surface area contributed by atoms with E-state index in [9.17, 15) is 22.8 Å². The minimum absolute atomic E-state index is 0.0684. The number of anilines is 2. The molecule has 0 radical (unpaired) electrons. The van der Waals surface area contributed by atoms with Crippen LogP contribution in [-0.2, 0) is 15.8 Å². The van der Waals surface area contributed by atoms with Gasteiger partial charge in [0.25, 0.3) is 5.91 Å². The molecular weight excluding hydrogens is 433 g/mol. The van der Waals surface area contributed by atoms with Gasteiger partial charge in [-0.3, -0.25) is 14.5 Å². The number of para-hydroxylation sites is 1. The van der Waals surface area contributed by atoms with E-state index in [0.717, 1.165) is 17.8 Å². The number of amides is 2. The highest BCUT2D eigenvalue weighted by molar-refractivity contribution is 6.33. The number of imide groups is 1. The van der Waals surface area contributed by atoms with E-state index in [-0.39, 0.29) is 29.1 Å². The Kier molecular flexibility index (Phi) is 5.65. The van der Waals surface area contributed by atoms with Crippen LogP contribution >= 0.6 is 11.6 Å². The predicted molar refractivity (Wildman–Crippen MR) is 110 cm³/mol. The average molecular weight is 453 g/mol. The van der Waals surface area contributed by atoms with Crippen molar-refractivity contribution in [1.29, 1.82) is 0 Å². The number of carbonyl (C=O) groups excluding carboxylic acids is 2. The third kappa shape index (κ3) is 4.12. The van der Waals surface area contributed by atoms with Gasteiger partial charge in [0.1, 0.15) is 5.82 Å². The molecule has 2 saturated heterocycles. The maximum atomic E-state index is 13.0. The summed E-state index contributed by atoms with van der Waals surface area (Å²) in [6.45, 7) is 3.64. The predicted octanol–water partition coefficient (Wildman–Crippen LogP) is 3.52. The van der Waals surface area contributed by atoms with Crippen LogP contribution in [-0.4, -0.2) is 53.9 Å². The molecule has 3 heterocycles. The second kappa shape index (κ2) is 8.12. The van der Waals surface area contributed by atoms with Gasteiger partial charge in [0.15, 0.2) is 0 Å². The molecule has 2 aliphatic rings. The molecule has 2 aliphatic heterocycles. The molecule has 1 atom stereocenters. The Bertz CT molecular complexity index is 1020. The number of hydrogen-bond acceptors (Lipinski definition) is 5. The molecule has 2 amide bonds. The molecule has 0 bridgehead atoms. The number of halogens is 4. The Balaban J connectivity index is 1.44. The van der Waals surface area contributed by atoms with Crippen LogP contribution < -0.4 is 9.80 Å². The van der Waals surface area contributed by atoms with E-state index >= 15 is 0 Å². The fourth-order valence-electron chi connectivity index (χ4n) is 4.03. The number of pyridine rings is 1. The standard InChI is InChI=1S/C21H20ClF3N4O2/c1-13-4-2-3-5-16(13)29-18(30)11-17(20(29)31)27-6-8-28(9-7-27)19-15(22)10-14(12-26-19)21(23,24)25/h2-5,10,12,17H,6-9,11H2,1H3/t17-/m0/s1. The first-order valence-corrected chi connectivity index (χ1v) is 10.2. The molecule has 31 heavy (non-hydrogen) atoms. The van der Waals surface area contributed by atoms with Gasteiger partial charge >= 0.3 is 6.18 Å². The van der Waals surface area contributed by atoms with Crippen molar-refractivity contribution in [2.75, 3.05) is 36.0 Å². The zero-order valence-corrected chi connectivity index (χ0v) is 17.5. The molecule has 2 aromatic rings. The number of aromatic nitrogens is 1. The summed E-state index contributed by atoms with van der Waals surface area (Å²) < 4.78 is 38.5. The van der Waals surface area contributed by atoms with Crippen molar-refractivity contribution in [3.05, 3.63) is 52.7 Å². The minimum Gasteiger partial charge on any atom is -0.353 e. The maximum Gasteiger partial charge on any atom is 0.417 e. The van der Waals surface area contributed by atoms with Crippen LogP contribution in [0.3, 0.4) is 0 Å². The summed E-state index contributed by atoms with van der Waals surface area (Å²) in [6, 6.07) is 7.56. The van der Waals surface area contributed by atoms with Gasteiger partial charge in [0, 0.05) is 32.4 Å². The Labute approximate surface area is 182 Å². The fraction of sp³-hybridized carbons (Fsp3) is 0.381. The normalized spacial score (nSPS) is 20.6. The Morgan fingerprint density at radius 1 is 1.10 bits per heavy atom. The highest BCUT2D eigenvalue weighted by atomic mass is 35.5. The Hall–Kier alpha value is -2.65. The Morgan fingerprint density at radius 3 is 2.39 bits per heavy atom. The lowest BCUT2D eigenvalue weighted by Crippen LogP contribution is -2.53. The lowest BCUT2D eigenvalue weighted by atomic mass is 10.1. The molecule has 0 unspecified atom stereocenters. The monoisotopic (exact) mass is 452 g/mol. The molecule has 1 aromatic heterocycles. The van der Waals surface area contributed by atoms with Crippen LogP contribution in [0.1, 0.15) is 17.5 Å². The van der Waals surface area contributed by atoms with Crippen molar-refractivity contribution in [3.8, 4) is 0 Å². The van der Waals surface area contributed by atoms with Crippen molar-refractivity contribution < 1.29 is 22.8 Å². The number of rotatable bonds is 3. The molecule has 0 N–H and O–H groups in total. The smallest absolute Gasteiger partial charge is 0.353 e. The first-order valence-electron chi connectivity index (χ1n) is 9.81. The number of hydrogen-bond donors (Lipinski definition) is 0. The van der Waals surface area contributed by atoms with E-state index in [1.807, 2.05) is 24.0 Å². The van der Waals surface area contributed by atoms with Gasteiger partial charge in [-0.15, -0.1) is 0 Å². The lowest BCUT2D eigenvalue weighted by Gasteiger charge is -2.37. The van der Waals surface area contributed by atoms with E-state index in [4.69, 9.17) is 11.6 Å². The minimum atomic E-state index is -4.51.